The summed E-state index contributed by atoms with van der Waals surface area (Å²) in [4.78, 5) is 69.2. The molecule has 1 aliphatic rings. The number of nitrogens with zero attached hydrogens (tertiary/aromatic N) is 4. The van der Waals surface area contributed by atoms with E-state index in [2.05, 4.69) is 34.5 Å². The van der Waals surface area contributed by atoms with Crippen LogP contribution in [0.15, 0.2) is 60.9 Å². The molecule has 0 bridgehead atoms. The smallest absolute Gasteiger partial charge is 0.305 e. The molecular formula is C47H61ClN6O9S. The Hall–Kier alpha value is -4.97. The number of carboxylic acid groups (broad SMARTS) is 1. The molecule has 2 aromatic carbocycles. The SMILES string of the molecule is CCC(CC)N(CCN(C)C(=O)CCC(=O)NCCOCCOCCOCCC(=O)O)Cc1cccc(C(=O)Nc2sc3c(c2C(=O)c2cnn(-c4ccc(Cl)cc4)c2)CCCC3)c1. The van der Waals surface area contributed by atoms with Crippen molar-refractivity contribution in [2.45, 2.75) is 84.2 Å². The normalized spacial score (nSPS) is 12.3. The summed E-state index contributed by atoms with van der Waals surface area (Å²) in [6.45, 7) is 8.02. The molecule has 15 nitrogen and oxygen atoms in total. The minimum absolute atomic E-state index is 0.0457. The third-order valence-electron chi connectivity index (χ3n) is 11.1. The van der Waals surface area contributed by atoms with Crippen LogP contribution in [0.1, 0.15) is 101 Å². The van der Waals surface area contributed by atoms with E-state index in [0.29, 0.717) is 85.9 Å². The number of ether oxygens (including phenoxy) is 3. The average Bonchev–Trinajstić information content (AvgIpc) is 3.93. The molecule has 3 amide bonds. The van der Waals surface area contributed by atoms with Crippen molar-refractivity contribution in [3.8, 4) is 5.69 Å². The monoisotopic (exact) mass is 920 g/mol. The number of nitrogens with one attached hydrogen (secondary N) is 2. The van der Waals surface area contributed by atoms with Gasteiger partial charge >= 0.3 is 5.97 Å². The van der Waals surface area contributed by atoms with Crippen LogP contribution in [0.5, 0.6) is 0 Å². The number of amides is 3. The summed E-state index contributed by atoms with van der Waals surface area (Å²) in [5.41, 5.74) is 4.21. The first kappa shape index (κ1) is 50.0. The van der Waals surface area contributed by atoms with Crippen LogP contribution >= 0.6 is 22.9 Å². The van der Waals surface area contributed by atoms with Crippen molar-refractivity contribution in [1.29, 1.82) is 0 Å². The summed E-state index contributed by atoms with van der Waals surface area (Å²) >= 11 is 7.56. The molecule has 0 atom stereocenters. The fourth-order valence-electron chi connectivity index (χ4n) is 7.50. The van der Waals surface area contributed by atoms with Gasteiger partial charge < -0.3 is 34.9 Å². The predicted octanol–water partition coefficient (Wildman–Crippen LogP) is 6.82. The minimum atomic E-state index is -0.907. The van der Waals surface area contributed by atoms with Crippen LogP contribution in [0.2, 0.25) is 5.02 Å². The Balaban J connectivity index is 1.10. The number of carbonyl (C=O) groups is 5. The molecule has 0 fully saturated rings. The van der Waals surface area contributed by atoms with Crippen molar-refractivity contribution < 1.29 is 43.3 Å². The molecule has 2 aromatic heterocycles. The second-order valence-electron chi connectivity index (χ2n) is 15.6. The highest BCUT2D eigenvalue weighted by Gasteiger charge is 2.28. The van der Waals surface area contributed by atoms with E-state index >= 15 is 0 Å². The number of halogens is 1. The summed E-state index contributed by atoms with van der Waals surface area (Å²) in [7, 11) is 1.75. The number of thiophene rings is 1. The number of carbonyl (C=O) groups excluding carboxylic acids is 4. The number of rotatable bonds is 28. The number of aryl methyl sites for hydroxylation is 1. The maximum Gasteiger partial charge on any atom is 0.305 e. The molecule has 17 heteroatoms. The van der Waals surface area contributed by atoms with Gasteiger partial charge in [-0.15, -0.1) is 11.3 Å². The number of anilines is 1. The van der Waals surface area contributed by atoms with Gasteiger partial charge in [0.15, 0.2) is 5.78 Å². The van der Waals surface area contributed by atoms with Crippen molar-refractivity contribution >= 4 is 57.4 Å². The molecule has 2 heterocycles. The Kier molecular flexibility index (Phi) is 20.4. The zero-order valence-corrected chi connectivity index (χ0v) is 38.6. The van der Waals surface area contributed by atoms with Gasteiger partial charge in [-0.2, -0.15) is 5.10 Å². The van der Waals surface area contributed by atoms with E-state index in [9.17, 15) is 24.0 Å². The van der Waals surface area contributed by atoms with Crippen LogP contribution in [0, 0.1) is 0 Å². The number of carboxylic acids is 1. The first-order valence-corrected chi connectivity index (χ1v) is 23.3. The molecule has 0 radical (unpaired) electrons. The van der Waals surface area contributed by atoms with E-state index in [1.54, 1.807) is 47.2 Å². The highest BCUT2D eigenvalue weighted by molar-refractivity contribution is 7.17. The highest BCUT2D eigenvalue weighted by Crippen LogP contribution is 2.39. The molecule has 5 rings (SSSR count). The zero-order valence-electron chi connectivity index (χ0n) is 37.1. The number of aromatic nitrogens is 2. The number of hydrogen-bond donors (Lipinski definition) is 3. The molecule has 0 aliphatic heterocycles. The van der Waals surface area contributed by atoms with Gasteiger partial charge in [0.25, 0.3) is 5.91 Å². The lowest BCUT2D eigenvalue weighted by molar-refractivity contribution is -0.138. The minimum Gasteiger partial charge on any atom is -0.481 e. The first-order valence-electron chi connectivity index (χ1n) is 22.1. The Morgan fingerprint density at radius 3 is 2.30 bits per heavy atom. The van der Waals surface area contributed by atoms with Crippen molar-refractivity contribution in [3.05, 3.63) is 98.6 Å². The van der Waals surface area contributed by atoms with E-state index < -0.39 is 5.97 Å². The summed E-state index contributed by atoms with van der Waals surface area (Å²) < 4.78 is 17.6. The number of fused-ring (bicyclic) bond motifs is 1. The molecule has 64 heavy (non-hydrogen) atoms. The van der Waals surface area contributed by atoms with E-state index in [-0.39, 0.29) is 55.4 Å². The first-order chi connectivity index (χ1) is 31.0. The van der Waals surface area contributed by atoms with Gasteiger partial charge in [0.1, 0.15) is 5.00 Å². The predicted molar refractivity (Wildman–Crippen MR) is 247 cm³/mol. The molecular weight excluding hydrogens is 860 g/mol. The van der Waals surface area contributed by atoms with Gasteiger partial charge in [-0.1, -0.05) is 37.6 Å². The lowest BCUT2D eigenvalue weighted by atomic mass is 9.92. The molecule has 346 valence electrons. The van der Waals surface area contributed by atoms with Gasteiger partial charge in [-0.3, -0.25) is 28.9 Å². The second kappa shape index (κ2) is 26.1. The van der Waals surface area contributed by atoms with Crippen LogP contribution in [0.3, 0.4) is 0 Å². The number of likely N-dealkylation sites (N-methyl/N-ethyl adjacent to an activating group) is 1. The van der Waals surface area contributed by atoms with Crippen molar-refractivity contribution in [1.82, 2.24) is 24.9 Å². The molecule has 0 spiro atoms. The van der Waals surface area contributed by atoms with Crippen LogP contribution in [-0.2, 0) is 48.0 Å². The summed E-state index contributed by atoms with van der Waals surface area (Å²) in [6.07, 6.45) is 8.86. The standard InChI is InChI=1S/C47H61ClN6O9S/c1-4-37(5-2)53(22-21-52(3)42(56)18-17-41(55)49-20-24-62-26-28-63-27-25-61-23-19-43(57)58)31-33-9-8-10-34(29-33)46(60)51-47-44(39-11-6-7-12-40(39)64-47)45(59)35-30-50-54(32-35)38-15-13-36(48)14-16-38/h8-10,13-16,29-30,32,37H,4-7,11-12,17-28,31H2,1-3H3,(H,49,55)(H,51,60)(H,57,58). The van der Waals surface area contributed by atoms with E-state index in [4.69, 9.17) is 30.9 Å². The van der Waals surface area contributed by atoms with E-state index in [1.165, 1.54) is 11.3 Å². The van der Waals surface area contributed by atoms with Gasteiger partial charge in [0, 0.05) is 73.8 Å². The quantitative estimate of drug-likeness (QED) is 0.0402. The van der Waals surface area contributed by atoms with Crippen LogP contribution in [0.4, 0.5) is 5.00 Å². The van der Waals surface area contributed by atoms with Crippen molar-refractivity contribution in [2.75, 3.05) is 71.6 Å². The Morgan fingerprint density at radius 1 is 0.875 bits per heavy atom. The highest BCUT2D eigenvalue weighted by atomic mass is 35.5. The topological polar surface area (TPSA) is 182 Å². The van der Waals surface area contributed by atoms with Crippen LogP contribution < -0.4 is 10.6 Å². The molecule has 4 aromatic rings. The number of ketones is 1. The van der Waals surface area contributed by atoms with Crippen LogP contribution in [0.25, 0.3) is 5.69 Å². The van der Waals surface area contributed by atoms with Gasteiger partial charge in [0.05, 0.1) is 69.1 Å². The summed E-state index contributed by atoms with van der Waals surface area (Å²) in [5.74, 6) is -1.72. The summed E-state index contributed by atoms with van der Waals surface area (Å²) in [6, 6.07) is 15.0. The fraction of sp³-hybridized carbons (Fsp3) is 0.489. The second-order valence-corrected chi connectivity index (χ2v) is 17.2. The Bertz CT molecular complexity index is 2160. The number of hydrogen-bond acceptors (Lipinski definition) is 11. The Morgan fingerprint density at radius 2 is 1.58 bits per heavy atom. The zero-order chi connectivity index (χ0) is 45.8. The molecule has 0 saturated heterocycles. The number of benzene rings is 2. The lowest BCUT2D eigenvalue weighted by Crippen LogP contribution is -2.41. The molecule has 3 N–H and O–H groups in total. The molecule has 0 saturated carbocycles. The molecule has 1 aliphatic carbocycles. The summed E-state index contributed by atoms with van der Waals surface area (Å²) in [5, 5.41) is 20.1. The lowest BCUT2D eigenvalue weighted by Gasteiger charge is -2.32. The average molecular weight is 922 g/mol. The third kappa shape index (κ3) is 15.3. The third-order valence-corrected chi connectivity index (χ3v) is 12.5. The van der Waals surface area contributed by atoms with Gasteiger partial charge in [-0.05, 0) is 86.1 Å². The van der Waals surface area contributed by atoms with Gasteiger partial charge in [0.2, 0.25) is 11.8 Å². The maximum atomic E-state index is 14.2. The van der Waals surface area contributed by atoms with Crippen molar-refractivity contribution in [3.63, 3.8) is 0 Å². The van der Waals surface area contributed by atoms with E-state index in [1.807, 2.05) is 30.3 Å². The van der Waals surface area contributed by atoms with E-state index in [0.717, 1.165) is 60.2 Å². The Labute approximate surface area is 384 Å². The maximum absolute atomic E-state index is 14.2. The fourth-order valence-corrected chi connectivity index (χ4v) is 8.90. The largest absolute Gasteiger partial charge is 0.481 e. The van der Waals surface area contributed by atoms with Crippen molar-refractivity contribution in [2.24, 2.45) is 0 Å². The van der Waals surface area contributed by atoms with Gasteiger partial charge in [-0.25, -0.2) is 4.68 Å². The molecule has 0 unspecified atom stereocenters. The van der Waals surface area contributed by atoms with Crippen LogP contribution in [-0.4, -0.2) is 127 Å². The number of aliphatic carboxylic acids is 1.